The first-order chi connectivity index (χ1) is 3.95. The summed E-state index contributed by atoms with van der Waals surface area (Å²) in [5, 5.41) is 8.33. The Morgan fingerprint density at radius 3 is 2.22 bits per heavy atom. The van der Waals surface area contributed by atoms with Crippen LogP contribution in [0.2, 0.25) is 19.1 Å². The molecule has 0 amide bonds. The molecule has 0 bridgehead atoms. The van der Waals surface area contributed by atoms with E-state index in [0.29, 0.717) is 6.04 Å². The molecule has 9 heavy (non-hydrogen) atoms. The predicted octanol–water partition coefficient (Wildman–Crippen LogP) is 1.78. The standard InChI is InChI=1S/C6H12NOSi/c1-6(4-7)5-9(2,3)8/h6H,5H2,1-3H3. The Kier molecular flexibility index (Phi) is 2.88. The molecule has 0 rings (SSSR count). The van der Waals surface area contributed by atoms with Crippen molar-refractivity contribution in [3.8, 4) is 6.07 Å². The van der Waals surface area contributed by atoms with Gasteiger partial charge in [0.2, 0.25) is 8.32 Å². The molecule has 0 aliphatic rings. The second-order valence-electron chi connectivity index (χ2n) is 2.99. The van der Waals surface area contributed by atoms with E-state index in [2.05, 4.69) is 6.07 Å². The third kappa shape index (κ3) is 5.54. The monoisotopic (exact) mass is 142 g/mol. The third-order valence-electron chi connectivity index (χ3n) is 1.02. The zero-order valence-electron chi connectivity index (χ0n) is 6.14. The lowest BCUT2D eigenvalue weighted by Gasteiger charge is -2.10. The molecule has 3 heteroatoms. The van der Waals surface area contributed by atoms with Crippen LogP contribution in [0.25, 0.3) is 0 Å². The molecule has 51 valence electrons. The van der Waals surface area contributed by atoms with Crippen LogP contribution in [-0.4, -0.2) is 8.32 Å². The van der Waals surface area contributed by atoms with Gasteiger partial charge in [0.1, 0.15) is 0 Å². The molecule has 1 atom stereocenters. The molecular weight excluding hydrogens is 130 g/mol. The van der Waals surface area contributed by atoms with Crippen LogP contribution in [0.3, 0.4) is 0 Å². The van der Waals surface area contributed by atoms with Gasteiger partial charge in [-0.25, -0.2) is 0 Å². The Morgan fingerprint density at radius 1 is 1.67 bits per heavy atom. The molecule has 0 aliphatic carbocycles. The van der Waals surface area contributed by atoms with E-state index in [-0.39, 0.29) is 5.92 Å². The van der Waals surface area contributed by atoms with E-state index < -0.39 is 8.32 Å². The minimum Gasteiger partial charge on any atom is -0.298 e. The van der Waals surface area contributed by atoms with Crippen molar-refractivity contribution in [3.63, 3.8) is 0 Å². The first-order valence-corrected chi connectivity index (χ1v) is 6.17. The topological polar surface area (TPSA) is 43.7 Å². The summed E-state index contributed by atoms with van der Waals surface area (Å²) in [7, 11) is -2.21. The van der Waals surface area contributed by atoms with Gasteiger partial charge in [0.05, 0.1) is 6.07 Å². The van der Waals surface area contributed by atoms with Gasteiger partial charge in [-0.3, -0.25) is 4.80 Å². The summed E-state index contributed by atoms with van der Waals surface area (Å²) in [6.45, 7) is 5.27. The van der Waals surface area contributed by atoms with Crippen molar-refractivity contribution < 1.29 is 4.80 Å². The van der Waals surface area contributed by atoms with E-state index in [9.17, 15) is 4.80 Å². The van der Waals surface area contributed by atoms with Crippen molar-refractivity contribution in [2.75, 3.05) is 0 Å². The van der Waals surface area contributed by atoms with Gasteiger partial charge in [0, 0.05) is 5.92 Å². The average molecular weight is 142 g/mol. The van der Waals surface area contributed by atoms with E-state index in [1.165, 1.54) is 0 Å². The third-order valence-corrected chi connectivity index (χ3v) is 2.61. The van der Waals surface area contributed by atoms with Gasteiger partial charge in [0.25, 0.3) is 0 Å². The number of nitrogens with zero attached hydrogens (tertiary/aromatic N) is 1. The highest BCUT2D eigenvalue weighted by Gasteiger charge is 2.22. The first kappa shape index (κ1) is 8.67. The van der Waals surface area contributed by atoms with E-state index in [4.69, 9.17) is 5.26 Å². The van der Waals surface area contributed by atoms with Crippen molar-refractivity contribution in [2.24, 2.45) is 5.92 Å². The normalized spacial score (nSPS) is 14.6. The van der Waals surface area contributed by atoms with Crippen molar-refractivity contribution in [1.29, 1.82) is 5.26 Å². The second kappa shape index (κ2) is 2.99. The van der Waals surface area contributed by atoms with Crippen molar-refractivity contribution in [3.05, 3.63) is 0 Å². The Hall–Kier alpha value is -0.333. The molecule has 0 aromatic carbocycles. The van der Waals surface area contributed by atoms with Gasteiger partial charge < -0.3 is 0 Å². The largest absolute Gasteiger partial charge is 0.298 e. The van der Waals surface area contributed by atoms with Gasteiger partial charge in [-0.1, -0.05) is 0 Å². The summed E-state index contributed by atoms with van der Waals surface area (Å²) in [5.74, 6) is -0.0517. The maximum absolute atomic E-state index is 11.1. The molecule has 0 aliphatic heterocycles. The summed E-state index contributed by atoms with van der Waals surface area (Å²) in [6.07, 6.45) is 0. The Balaban J connectivity index is 3.63. The highest BCUT2D eigenvalue weighted by molar-refractivity contribution is 6.69. The summed E-state index contributed by atoms with van der Waals surface area (Å²) in [6, 6.07) is 2.63. The van der Waals surface area contributed by atoms with Gasteiger partial charge in [-0.15, -0.1) is 0 Å². The molecule has 0 spiro atoms. The number of hydrogen-bond acceptors (Lipinski definition) is 1. The van der Waals surface area contributed by atoms with Crippen LogP contribution in [0.5, 0.6) is 0 Å². The first-order valence-electron chi connectivity index (χ1n) is 3.06. The van der Waals surface area contributed by atoms with Gasteiger partial charge in [0.15, 0.2) is 0 Å². The minimum absolute atomic E-state index is 0.0517. The molecule has 0 aromatic heterocycles. The van der Waals surface area contributed by atoms with Crippen LogP contribution in [0.15, 0.2) is 0 Å². The fourth-order valence-corrected chi connectivity index (χ4v) is 2.35. The zero-order chi connectivity index (χ0) is 7.49. The Bertz CT molecular complexity index is 122. The molecule has 2 nitrogen and oxygen atoms in total. The van der Waals surface area contributed by atoms with Crippen LogP contribution in [0, 0.1) is 17.2 Å². The van der Waals surface area contributed by atoms with Crippen LogP contribution in [0.4, 0.5) is 0 Å². The smallest absolute Gasteiger partial charge is 0.232 e. The van der Waals surface area contributed by atoms with Gasteiger partial charge >= 0.3 is 0 Å². The molecular formula is C6H12NOSi. The number of rotatable bonds is 2. The molecule has 0 aromatic rings. The van der Waals surface area contributed by atoms with Crippen LogP contribution in [-0.2, 0) is 4.80 Å². The molecule has 1 unspecified atom stereocenters. The van der Waals surface area contributed by atoms with Crippen molar-refractivity contribution >= 4 is 8.32 Å². The molecule has 0 N–H and O–H groups in total. The maximum Gasteiger partial charge on any atom is 0.232 e. The van der Waals surface area contributed by atoms with Crippen molar-refractivity contribution in [1.82, 2.24) is 0 Å². The fourth-order valence-electron chi connectivity index (χ4n) is 0.783. The van der Waals surface area contributed by atoms with Crippen LogP contribution >= 0.6 is 0 Å². The lowest BCUT2D eigenvalue weighted by molar-refractivity contribution is 0.422. The summed E-state index contributed by atoms with van der Waals surface area (Å²) in [4.78, 5) is 11.1. The number of nitriles is 1. The molecule has 0 saturated heterocycles. The van der Waals surface area contributed by atoms with Crippen molar-refractivity contribution in [2.45, 2.75) is 26.1 Å². The quantitative estimate of drug-likeness (QED) is 0.542. The van der Waals surface area contributed by atoms with Gasteiger partial charge in [-0.05, 0) is 26.1 Å². The van der Waals surface area contributed by atoms with Gasteiger partial charge in [-0.2, -0.15) is 5.26 Å². The number of hydrogen-bond donors (Lipinski definition) is 0. The van der Waals surface area contributed by atoms with E-state index in [0.717, 1.165) is 0 Å². The molecule has 0 heterocycles. The summed E-state index contributed by atoms with van der Waals surface area (Å²) in [5.41, 5.74) is 0. The second-order valence-corrected chi connectivity index (χ2v) is 6.92. The highest BCUT2D eigenvalue weighted by Crippen LogP contribution is 2.12. The van der Waals surface area contributed by atoms with E-state index >= 15 is 0 Å². The van der Waals surface area contributed by atoms with E-state index in [1.807, 2.05) is 0 Å². The predicted molar refractivity (Wildman–Crippen MR) is 37.8 cm³/mol. The SMILES string of the molecule is CC(C#N)C[Si](C)(C)[O]. The summed E-state index contributed by atoms with van der Waals surface area (Å²) < 4.78 is 0. The minimum atomic E-state index is -2.21. The summed E-state index contributed by atoms with van der Waals surface area (Å²) >= 11 is 0. The molecule has 0 saturated carbocycles. The molecule has 0 fully saturated rings. The molecule has 1 radical (unpaired) electrons. The lowest BCUT2D eigenvalue weighted by atomic mass is 10.3. The lowest BCUT2D eigenvalue weighted by Crippen LogP contribution is -2.24. The Morgan fingerprint density at radius 2 is 2.11 bits per heavy atom. The highest BCUT2D eigenvalue weighted by atomic mass is 28.4. The fraction of sp³-hybridized carbons (Fsp3) is 0.833. The maximum atomic E-state index is 11.1. The average Bonchev–Trinajstić information content (AvgIpc) is 1.62. The van der Waals surface area contributed by atoms with Crippen LogP contribution < -0.4 is 0 Å². The zero-order valence-corrected chi connectivity index (χ0v) is 7.14. The Labute approximate surface area is 57.3 Å². The van der Waals surface area contributed by atoms with Crippen LogP contribution in [0.1, 0.15) is 6.92 Å². The van der Waals surface area contributed by atoms with E-state index in [1.54, 1.807) is 20.0 Å².